The second kappa shape index (κ2) is 6.76. The average Bonchev–Trinajstić information content (AvgIpc) is 2.94. The van der Waals surface area contributed by atoms with Crippen LogP contribution in [0.1, 0.15) is 91.9 Å². The Bertz CT molecular complexity index is 518. The molecule has 2 heteroatoms. The van der Waals surface area contributed by atoms with Crippen LogP contribution in [0.15, 0.2) is 0 Å². The van der Waals surface area contributed by atoms with E-state index in [9.17, 15) is 10.2 Å². The standard InChI is InChI=1S/C24H42O2/c1-5-6-15(2)18-7-8-19-22-20(10-12-24(18,19)4)23(3)11-9-17(25)13-16(23)14-21(22)26/h15-22,25-26H,5-14H2,1-4H3/t15-,16+,17-,18-,19?,20?,21?,22?,23+,24-/m1/s1. The molecule has 0 radical (unpaired) electrons. The Morgan fingerprint density at radius 3 is 2.35 bits per heavy atom. The normalized spacial score (nSPS) is 54.9. The van der Waals surface area contributed by atoms with Crippen LogP contribution in [0.2, 0.25) is 0 Å². The minimum atomic E-state index is -0.131. The average molecular weight is 363 g/mol. The highest BCUT2D eigenvalue weighted by molar-refractivity contribution is 5.11. The zero-order chi connectivity index (χ0) is 18.7. The first-order chi connectivity index (χ1) is 12.3. The fourth-order valence-corrected chi connectivity index (χ4v) is 8.83. The second-order valence-corrected chi connectivity index (χ2v) is 11.2. The molecule has 2 nitrogen and oxygen atoms in total. The third-order valence-corrected chi connectivity index (χ3v) is 10.2. The van der Waals surface area contributed by atoms with E-state index in [2.05, 4.69) is 27.7 Å². The van der Waals surface area contributed by atoms with E-state index in [1.807, 2.05) is 0 Å². The molecule has 0 saturated heterocycles. The zero-order valence-corrected chi connectivity index (χ0v) is 17.6. The maximum Gasteiger partial charge on any atom is 0.0577 e. The van der Waals surface area contributed by atoms with Crippen molar-refractivity contribution in [1.29, 1.82) is 0 Å². The lowest BCUT2D eigenvalue weighted by molar-refractivity contribution is -0.174. The van der Waals surface area contributed by atoms with Gasteiger partial charge in [-0.15, -0.1) is 0 Å². The summed E-state index contributed by atoms with van der Waals surface area (Å²) in [5.74, 6) is 4.15. The molecule has 150 valence electrons. The molecule has 4 aliphatic rings. The summed E-state index contributed by atoms with van der Waals surface area (Å²) >= 11 is 0. The Hall–Kier alpha value is -0.0800. The first-order valence-corrected chi connectivity index (χ1v) is 11.7. The highest BCUT2D eigenvalue weighted by atomic mass is 16.3. The van der Waals surface area contributed by atoms with E-state index in [0.29, 0.717) is 28.6 Å². The van der Waals surface area contributed by atoms with Gasteiger partial charge in [0.2, 0.25) is 0 Å². The van der Waals surface area contributed by atoms with Crippen LogP contribution in [0.5, 0.6) is 0 Å². The Labute approximate surface area is 161 Å². The molecule has 0 aromatic rings. The maximum absolute atomic E-state index is 11.3. The van der Waals surface area contributed by atoms with E-state index >= 15 is 0 Å². The topological polar surface area (TPSA) is 40.5 Å². The Balaban J connectivity index is 1.61. The van der Waals surface area contributed by atoms with Gasteiger partial charge < -0.3 is 10.2 Å². The molecule has 4 unspecified atom stereocenters. The molecule has 0 aromatic carbocycles. The molecule has 2 N–H and O–H groups in total. The lowest BCUT2D eigenvalue weighted by Gasteiger charge is -2.62. The predicted octanol–water partition coefficient (Wildman–Crippen LogP) is 5.41. The van der Waals surface area contributed by atoms with Gasteiger partial charge in [0.1, 0.15) is 0 Å². The lowest BCUT2D eigenvalue weighted by atomic mass is 9.43. The molecular formula is C24H42O2. The van der Waals surface area contributed by atoms with Gasteiger partial charge in [0.25, 0.3) is 0 Å². The SMILES string of the molecule is CCC[C@@H](C)[C@H]1CCC2C3C(O)C[C@@H]4C[C@H](O)CC[C@]4(C)C3CC[C@@]21C. The summed E-state index contributed by atoms with van der Waals surface area (Å²) in [4.78, 5) is 0. The number of rotatable bonds is 3. The van der Waals surface area contributed by atoms with Gasteiger partial charge in [0, 0.05) is 0 Å². The first-order valence-electron chi connectivity index (χ1n) is 11.7. The molecule has 0 spiro atoms. The van der Waals surface area contributed by atoms with Crippen molar-refractivity contribution in [2.75, 3.05) is 0 Å². The van der Waals surface area contributed by atoms with Crippen molar-refractivity contribution < 1.29 is 10.2 Å². The molecule has 0 heterocycles. The monoisotopic (exact) mass is 362 g/mol. The van der Waals surface area contributed by atoms with E-state index in [-0.39, 0.29) is 12.2 Å². The van der Waals surface area contributed by atoms with Crippen LogP contribution >= 0.6 is 0 Å². The van der Waals surface area contributed by atoms with Crippen LogP contribution < -0.4 is 0 Å². The largest absolute Gasteiger partial charge is 0.393 e. The van der Waals surface area contributed by atoms with Crippen LogP contribution in [-0.4, -0.2) is 22.4 Å². The van der Waals surface area contributed by atoms with Crippen LogP contribution in [0, 0.1) is 46.3 Å². The summed E-state index contributed by atoms with van der Waals surface area (Å²) in [5, 5.41) is 21.5. The van der Waals surface area contributed by atoms with Crippen molar-refractivity contribution in [3.8, 4) is 0 Å². The van der Waals surface area contributed by atoms with E-state index in [0.717, 1.165) is 37.0 Å². The first kappa shape index (κ1) is 19.2. The molecule has 4 aliphatic carbocycles. The minimum absolute atomic E-state index is 0.128. The molecule has 26 heavy (non-hydrogen) atoms. The molecule has 10 atom stereocenters. The fraction of sp³-hybridized carbons (Fsp3) is 1.00. The van der Waals surface area contributed by atoms with Gasteiger partial charge in [-0.3, -0.25) is 0 Å². The van der Waals surface area contributed by atoms with E-state index in [1.54, 1.807) is 0 Å². The summed E-state index contributed by atoms with van der Waals surface area (Å²) in [6.45, 7) is 9.92. The van der Waals surface area contributed by atoms with Crippen molar-refractivity contribution in [3.05, 3.63) is 0 Å². The van der Waals surface area contributed by atoms with Crippen molar-refractivity contribution >= 4 is 0 Å². The molecule has 0 bridgehead atoms. The van der Waals surface area contributed by atoms with E-state index in [4.69, 9.17) is 0 Å². The van der Waals surface area contributed by atoms with Gasteiger partial charge in [0.15, 0.2) is 0 Å². The van der Waals surface area contributed by atoms with Crippen LogP contribution in [0.3, 0.4) is 0 Å². The molecule has 0 aliphatic heterocycles. The zero-order valence-electron chi connectivity index (χ0n) is 17.6. The highest BCUT2D eigenvalue weighted by Crippen LogP contribution is 2.68. The van der Waals surface area contributed by atoms with Gasteiger partial charge in [0.05, 0.1) is 12.2 Å². The number of aliphatic hydroxyl groups excluding tert-OH is 2. The Morgan fingerprint density at radius 2 is 1.62 bits per heavy atom. The molecular weight excluding hydrogens is 320 g/mol. The second-order valence-electron chi connectivity index (χ2n) is 11.2. The summed E-state index contributed by atoms with van der Waals surface area (Å²) < 4.78 is 0. The van der Waals surface area contributed by atoms with Gasteiger partial charge in [-0.05, 0) is 97.7 Å². The quantitative estimate of drug-likeness (QED) is 0.704. The van der Waals surface area contributed by atoms with Crippen molar-refractivity contribution in [1.82, 2.24) is 0 Å². The van der Waals surface area contributed by atoms with Crippen molar-refractivity contribution in [3.63, 3.8) is 0 Å². The number of aliphatic hydroxyl groups is 2. The van der Waals surface area contributed by atoms with Crippen molar-refractivity contribution in [2.24, 2.45) is 46.3 Å². The van der Waals surface area contributed by atoms with Crippen LogP contribution in [0.4, 0.5) is 0 Å². The number of hydrogen-bond donors (Lipinski definition) is 2. The van der Waals surface area contributed by atoms with E-state index in [1.165, 1.54) is 44.9 Å². The number of hydrogen-bond acceptors (Lipinski definition) is 2. The molecule has 4 saturated carbocycles. The highest BCUT2D eigenvalue weighted by Gasteiger charge is 2.62. The Morgan fingerprint density at radius 1 is 0.923 bits per heavy atom. The van der Waals surface area contributed by atoms with E-state index < -0.39 is 0 Å². The molecule has 0 aromatic heterocycles. The van der Waals surface area contributed by atoms with Crippen molar-refractivity contribution in [2.45, 2.75) is 104 Å². The third-order valence-electron chi connectivity index (χ3n) is 10.2. The minimum Gasteiger partial charge on any atom is -0.393 e. The molecule has 0 amide bonds. The number of fused-ring (bicyclic) bond motifs is 5. The summed E-state index contributed by atoms with van der Waals surface area (Å²) in [6, 6.07) is 0. The summed E-state index contributed by atoms with van der Waals surface area (Å²) in [7, 11) is 0. The molecule has 4 fully saturated rings. The fourth-order valence-electron chi connectivity index (χ4n) is 8.83. The molecule has 4 rings (SSSR count). The van der Waals surface area contributed by atoms with Gasteiger partial charge in [-0.1, -0.05) is 40.5 Å². The predicted molar refractivity (Wildman–Crippen MR) is 107 cm³/mol. The summed E-state index contributed by atoms with van der Waals surface area (Å²) in [5.41, 5.74) is 0.811. The van der Waals surface area contributed by atoms with Gasteiger partial charge in [-0.25, -0.2) is 0 Å². The smallest absolute Gasteiger partial charge is 0.0577 e. The maximum atomic E-state index is 11.3. The van der Waals surface area contributed by atoms with Crippen LogP contribution in [-0.2, 0) is 0 Å². The lowest BCUT2D eigenvalue weighted by Crippen LogP contribution is -2.58. The third kappa shape index (κ3) is 2.72. The van der Waals surface area contributed by atoms with Gasteiger partial charge in [-0.2, -0.15) is 0 Å². The van der Waals surface area contributed by atoms with Gasteiger partial charge >= 0.3 is 0 Å². The van der Waals surface area contributed by atoms with Crippen LogP contribution in [0.25, 0.3) is 0 Å². The Kier molecular flexibility index (Phi) is 5.01. The summed E-state index contributed by atoms with van der Waals surface area (Å²) in [6.07, 6.45) is 11.8.